The van der Waals surface area contributed by atoms with Gasteiger partial charge in [0.25, 0.3) is 0 Å². The van der Waals surface area contributed by atoms with Crippen LogP contribution in [0, 0.1) is 17.2 Å². The number of carbonyl (C=O) groups is 3. The summed E-state index contributed by atoms with van der Waals surface area (Å²) in [5, 5.41) is 13.0. The molecule has 2 heterocycles. The van der Waals surface area contributed by atoms with Gasteiger partial charge in [0.2, 0.25) is 11.8 Å². The Kier molecular flexibility index (Phi) is 7.39. The quantitative estimate of drug-likeness (QED) is 0.461. The summed E-state index contributed by atoms with van der Waals surface area (Å²) in [6.45, 7) is 1.16. The van der Waals surface area contributed by atoms with E-state index in [0.29, 0.717) is 23.7 Å². The summed E-state index contributed by atoms with van der Waals surface area (Å²) in [4.78, 5) is 40.2. The number of hydrogen-bond acceptors (Lipinski definition) is 6. The highest BCUT2D eigenvalue weighted by atomic mass is 79.9. The molecule has 2 aliphatic heterocycles. The molecule has 2 aromatic carbocycles. The molecule has 2 aliphatic rings. The fourth-order valence-electron chi connectivity index (χ4n) is 4.31. The summed E-state index contributed by atoms with van der Waals surface area (Å²) < 4.78 is 5.62. The number of carbonyl (C=O) groups excluding carboxylic acids is 3. The second-order valence-electron chi connectivity index (χ2n) is 8.00. The first-order valence-electron chi connectivity index (χ1n) is 10.7. The summed E-state index contributed by atoms with van der Waals surface area (Å²) >= 11 is 4.52. The third-order valence-electron chi connectivity index (χ3n) is 6.01. The van der Waals surface area contributed by atoms with Crippen LogP contribution in [0.4, 0.5) is 0 Å². The number of methoxy groups -OCH3 is 1. The molecule has 0 aromatic heterocycles. The second-order valence-corrected chi connectivity index (χ2v) is 9.90. The Morgan fingerprint density at radius 2 is 2.00 bits per heavy atom. The lowest BCUT2D eigenvalue weighted by Gasteiger charge is -2.32. The number of amides is 2. The predicted octanol–water partition coefficient (Wildman–Crippen LogP) is 3.50. The van der Waals surface area contributed by atoms with Crippen LogP contribution in [-0.4, -0.2) is 42.1 Å². The number of ether oxygens (including phenoxy) is 1. The van der Waals surface area contributed by atoms with Crippen LogP contribution in [0.25, 0.3) is 0 Å². The molecular formula is C25H22BrN3O4S. The van der Waals surface area contributed by atoms with E-state index in [-0.39, 0.29) is 17.2 Å². The Hall–Kier alpha value is -3.09. The van der Waals surface area contributed by atoms with Crippen LogP contribution in [-0.2, 0) is 32.1 Å². The molecule has 4 rings (SSSR count). The molecule has 2 amide bonds. The summed E-state index contributed by atoms with van der Waals surface area (Å²) in [7, 11) is 1.21. The summed E-state index contributed by atoms with van der Waals surface area (Å²) in [5.41, 5.74) is 3.24. The van der Waals surface area contributed by atoms with Gasteiger partial charge < -0.3 is 15.0 Å². The van der Waals surface area contributed by atoms with Gasteiger partial charge in [-0.25, -0.2) is 0 Å². The average Bonchev–Trinajstić information content (AvgIpc) is 2.86. The third kappa shape index (κ3) is 4.88. The van der Waals surface area contributed by atoms with Gasteiger partial charge >= 0.3 is 5.97 Å². The van der Waals surface area contributed by atoms with Gasteiger partial charge in [-0.05, 0) is 35.2 Å². The van der Waals surface area contributed by atoms with Gasteiger partial charge in [0.1, 0.15) is 5.92 Å². The molecule has 7 nitrogen and oxygen atoms in total. The van der Waals surface area contributed by atoms with E-state index in [2.05, 4.69) is 33.4 Å². The number of thioether (sulfide) groups is 1. The van der Waals surface area contributed by atoms with Gasteiger partial charge in [-0.1, -0.05) is 64.1 Å². The van der Waals surface area contributed by atoms with Crippen molar-refractivity contribution >= 4 is 45.5 Å². The van der Waals surface area contributed by atoms with Gasteiger partial charge in [0, 0.05) is 23.5 Å². The lowest BCUT2D eigenvalue weighted by Crippen LogP contribution is -2.44. The molecule has 0 spiro atoms. The number of nitriles is 1. The van der Waals surface area contributed by atoms with Crippen molar-refractivity contribution in [2.45, 2.75) is 18.9 Å². The number of esters is 1. The molecule has 2 atom stereocenters. The lowest BCUT2D eigenvalue weighted by molar-refractivity contribution is -0.150. The van der Waals surface area contributed by atoms with Gasteiger partial charge in [0.15, 0.2) is 0 Å². The van der Waals surface area contributed by atoms with Gasteiger partial charge in [-0.15, -0.1) is 0 Å². The molecule has 0 radical (unpaired) electrons. The Morgan fingerprint density at radius 3 is 2.71 bits per heavy atom. The van der Waals surface area contributed by atoms with Crippen molar-refractivity contribution in [2.75, 3.05) is 19.4 Å². The third-order valence-corrected chi connectivity index (χ3v) is 7.51. The monoisotopic (exact) mass is 539 g/mol. The first-order chi connectivity index (χ1) is 16.4. The lowest BCUT2D eigenvalue weighted by atomic mass is 9.78. The second kappa shape index (κ2) is 10.5. The molecule has 0 saturated carbocycles. The topological polar surface area (TPSA) is 99.5 Å². The van der Waals surface area contributed by atoms with E-state index in [1.54, 1.807) is 23.1 Å². The van der Waals surface area contributed by atoms with Crippen molar-refractivity contribution in [3.63, 3.8) is 0 Å². The number of rotatable bonds is 5. The first kappa shape index (κ1) is 24.0. The van der Waals surface area contributed by atoms with Gasteiger partial charge in [-0.3, -0.25) is 14.4 Å². The standard InChI is InChI=1S/C25H22BrN3O4S/c1-33-25(32)22-21(16-7-4-8-18(26)11-16)19(12-27)24(28-23(22)31)34-14-20(30)29-10-9-15-5-2-3-6-17(15)13-29/h2-8,11,21-22H,9-10,13-14H2,1H3,(H,28,31)/t21-,22+/m0/s1. The van der Waals surface area contributed by atoms with Crippen LogP contribution in [0.1, 0.15) is 22.6 Å². The number of benzene rings is 2. The van der Waals surface area contributed by atoms with Crippen molar-refractivity contribution < 1.29 is 19.1 Å². The SMILES string of the molecule is COC(=O)[C@H]1C(=O)NC(SCC(=O)N2CCc3ccccc3C2)=C(C#N)[C@@H]1c1cccc(Br)c1. The summed E-state index contributed by atoms with van der Waals surface area (Å²) in [6.07, 6.45) is 0.793. The minimum absolute atomic E-state index is 0.0665. The molecule has 34 heavy (non-hydrogen) atoms. The van der Waals surface area contributed by atoms with E-state index in [9.17, 15) is 19.6 Å². The van der Waals surface area contributed by atoms with Crippen LogP contribution in [0.2, 0.25) is 0 Å². The maximum Gasteiger partial charge on any atom is 0.319 e. The van der Waals surface area contributed by atoms with Gasteiger partial charge in [0.05, 0.1) is 29.5 Å². The minimum Gasteiger partial charge on any atom is -0.468 e. The molecule has 1 N–H and O–H groups in total. The van der Waals surface area contributed by atoms with Gasteiger partial charge in [-0.2, -0.15) is 5.26 Å². The normalized spacial score (nSPS) is 19.7. The number of allylic oxidation sites excluding steroid dienone is 1. The largest absolute Gasteiger partial charge is 0.468 e. The first-order valence-corrected chi connectivity index (χ1v) is 12.5. The number of nitrogens with one attached hydrogen (secondary N) is 1. The minimum atomic E-state index is -1.20. The molecule has 0 saturated heterocycles. The summed E-state index contributed by atoms with van der Waals surface area (Å²) in [5.74, 6) is -3.31. The van der Waals surface area contributed by atoms with Crippen LogP contribution >= 0.6 is 27.7 Å². The van der Waals surface area contributed by atoms with E-state index in [1.165, 1.54) is 12.7 Å². The van der Waals surface area contributed by atoms with Crippen molar-refractivity contribution in [1.82, 2.24) is 10.2 Å². The molecule has 174 valence electrons. The van der Waals surface area contributed by atoms with Crippen LogP contribution in [0.3, 0.4) is 0 Å². The van der Waals surface area contributed by atoms with Crippen molar-refractivity contribution in [3.8, 4) is 6.07 Å². The fourth-order valence-corrected chi connectivity index (χ4v) is 5.68. The maximum absolute atomic E-state index is 12.9. The maximum atomic E-state index is 12.9. The number of hydrogen-bond donors (Lipinski definition) is 1. The zero-order valence-corrected chi connectivity index (χ0v) is 20.8. The average molecular weight is 540 g/mol. The van der Waals surface area contributed by atoms with Crippen molar-refractivity contribution in [2.24, 2.45) is 5.92 Å². The molecule has 0 fully saturated rings. The van der Waals surface area contributed by atoms with Crippen LogP contribution in [0.15, 0.2) is 63.6 Å². The van der Waals surface area contributed by atoms with E-state index in [1.807, 2.05) is 24.3 Å². The molecule has 0 aliphatic carbocycles. The molecular weight excluding hydrogens is 518 g/mol. The van der Waals surface area contributed by atoms with E-state index >= 15 is 0 Å². The van der Waals surface area contributed by atoms with E-state index in [0.717, 1.165) is 28.2 Å². The number of halogens is 1. The predicted molar refractivity (Wildman–Crippen MR) is 131 cm³/mol. The van der Waals surface area contributed by atoms with Crippen molar-refractivity contribution in [3.05, 3.63) is 80.3 Å². The Bertz CT molecular complexity index is 1220. The smallest absolute Gasteiger partial charge is 0.319 e. The molecule has 9 heteroatoms. The highest BCUT2D eigenvalue weighted by molar-refractivity contribution is 9.10. The highest BCUT2D eigenvalue weighted by Crippen LogP contribution is 2.40. The Balaban J connectivity index is 1.59. The Morgan fingerprint density at radius 1 is 1.24 bits per heavy atom. The van der Waals surface area contributed by atoms with E-state index in [4.69, 9.17) is 4.74 Å². The van der Waals surface area contributed by atoms with Crippen LogP contribution < -0.4 is 5.32 Å². The zero-order chi connectivity index (χ0) is 24.2. The van der Waals surface area contributed by atoms with E-state index < -0.39 is 23.7 Å². The number of fused-ring (bicyclic) bond motifs is 1. The molecule has 0 unspecified atom stereocenters. The molecule has 2 aromatic rings. The van der Waals surface area contributed by atoms with Crippen molar-refractivity contribution in [1.29, 1.82) is 5.26 Å². The zero-order valence-electron chi connectivity index (χ0n) is 18.4. The highest BCUT2D eigenvalue weighted by Gasteiger charge is 2.44. The Labute approximate surface area is 210 Å². The summed E-state index contributed by atoms with van der Waals surface area (Å²) in [6, 6.07) is 17.4. The van der Waals surface area contributed by atoms with Crippen LogP contribution in [0.5, 0.6) is 0 Å². The fraction of sp³-hybridized carbons (Fsp3) is 0.280. The number of nitrogens with zero attached hydrogens (tertiary/aromatic N) is 2. The molecule has 0 bridgehead atoms.